The van der Waals surface area contributed by atoms with Crippen molar-refractivity contribution < 1.29 is 80.2 Å². The second-order valence-electron chi connectivity index (χ2n) is 26.6. The van der Waals surface area contributed by atoms with Crippen molar-refractivity contribution >= 4 is 39.5 Å². The molecule has 0 radical (unpaired) electrons. The molecule has 0 aliphatic rings. The molecular weight excluding hydrogens is 1400 g/mol. The van der Waals surface area contributed by atoms with Crippen molar-refractivity contribution in [3.63, 3.8) is 0 Å². The summed E-state index contributed by atoms with van der Waals surface area (Å²) in [4.78, 5) is 73.1. The van der Waals surface area contributed by atoms with Gasteiger partial charge in [0.1, 0.15) is 19.3 Å². The molecule has 19 heteroatoms. The molecule has 3 N–H and O–H groups in total. The SMILES string of the molecule is CC/C=C\C/C=C\C/C=C\C/C=C\C/C=C\C/C=C\CCC(=O)OCC(COP(=O)(O)OCC(O)COP(=O)(O)OCC(COC(=O)CCCCC/C=C\C/C=C\C/C=C\C/C=C\C/C=C\CC)OC(=O)CCCCCCCC/C=C\C/C=C\C/C=C\CCCCC)OC(=O)CCCCCCC/C=C\CCCC. The maximum absolute atomic E-state index is 13.1. The Morgan fingerprint density at radius 3 is 0.843 bits per heavy atom. The molecule has 0 spiro atoms. The highest BCUT2D eigenvalue weighted by Crippen LogP contribution is 2.45. The van der Waals surface area contributed by atoms with Crippen LogP contribution in [0.5, 0.6) is 0 Å². The first-order valence-electron chi connectivity index (χ1n) is 41.0. The first-order chi connectivity index (χ1) is 52.7. The number of hydrogen-bond acceptors (Lipinski definition) is 15. The summed E-state index contributed by atoms with van der Waals surface area (Å²) in [7, 11) is -10.0. The molecule has 0 aliphatic carbocycles. The molecule has 108 heavy (non-hydrogen) atoms. The number of carbonyl (C=O) groups excluding carboxylic acids is 4. The molecule has 0 heterocycles. The zero-order chi connectivity index (χ0) is 78.9. The number of carbonyl (C=O) groups is 4. The Morgan fingerprint density at radius 2 is 0.509 bits per heavy atom. The fraction of sp³-hybridized carbons (Fsp3) is 0.618. The summed E-state index contributed by atoms with van der Waals surface area (Å²) in [5.74, 6) is -2.35. The Balaban J connectivity index is 5.46. The molecule has 0 rings (SSSR count). The van der Waals surface area contributed by atoms with Crippen LogP contribution in [-0.4, -0.2) is 96.7 Å². The van der Waals surface area contributed by atoms with Crippen LogP contribution >= 0.6 is 15.6 Å². The summed E-state index contributed by atoms with van der Waals surface area (Å²) < 4.78 is 68.5. The maximum atomic E-state index is 13.1. The standard InChI is InChI=1S/C89H144O17P2/c1-5-9-13-17-21-25-29-32-35-38-41-44-47-50-54-57-61-65-69-73-86(91)99-79-84(105-88(93)75-71-67-63-59-53-28-24-20-16-12-8-4)81-103-107(95,96)101-77-83(90)78-102-108(97,98)104-82-85(106-89(94)76-72-68-64-60-56-52-49-46-43-40-37-34-31-27-23-19-15-11-7-3)80-100-87(92)74-70-66-62-58-55-51-48-45-42-39-36-33-30-26-22-18-14-10-6-2/h9-10,13-14,20-27,32-37,41-46,50-51,54-55,61,65,83-85,90H,5-8,11-12,15-19,28-31,38-40,47-49,52-53,56-60,62-64,66-82H2,1-4H3,(H,95,96)(H,97,98)/b13-9-,14-10-,24-20-,25-21-,26-22-,27-23-,35-32-,36-33-,37-34-,44-41-,45-42-,46-43-,54-50-,55-51-,65-61-. The van der Waals surface area contributed by atoms with Crippen molar-refractivity contribution in [1.82, 2.24) is 0 Å². The van der Waals surface area contributed by atoms with Crippen molar-refractivity contribution in [3.05, 3.63) is 182 Å². The highest BCUT2D eigenvalue weighted by Gasteiger charge is 2.30. The molecule has 0 saturated heterocycles. The largest absolute Gasteiger partial charge is 0.472 e. The third kappa shape index (κ3) is 78.3. The lowest BCUT2D eigenvalue weighted by Crippen LogP contribution is -2.30. The quantitative estimate of drug-likeness (QED) is 0.0169. The minimum Gasteiger partial charge on any atom is -0.462 e. The average Bonchev–Trinajstić information content (AvgIpc) is 0.899. The van der Waals surface area contributed by atoms with Gasteiger partial charge in [0.2, 0.25) is 0 Å². The van der Waals surface area contributed by atoms with E-state index in [1.165, 1.54) is 25.7 Å². The predicted octanol–water partition coefficient (Wildman–Crippen LogP) is 24.3. The Kier molecular flexibility index (Phi) is 75.0. The van der Waals surface area contributed by atoms with Gasteiger partial charge < -0.3 is 33.8 Å². The Labute approximate surface area is 654 Å². The van der Waals surface area contributed by atoms with Gasteiger partial charge in [-0.3, -0.25) is 37.3 Å². The van der Waals surface area contributed by atoms with Crippen LogP contribution in [0.25, 0.3) is 0 Å². The van der Waals surface area contributed by atoms with Crippen LogP contribution in [0.1, 0.15) is 297 Å². The molecule has 5 unspecified atom stereocenters. The lowest BCUT2D eigenvalue weighted by atomic mass is 10.1. The third-order valence-electron chi connectivity index (χ3n) is 16.3. The normalized spacial score (nSPS) is 14.8. The molecule has 0 aromatic heterocycles. The molecule has 0 saturated carbocycles. The topological polar surface area (TPSA) is 237 Å². The van der Waals surface area contributed by atoms with E-state index < -0.39 is 97.5 Å². The lowest BCUT2D eigenvalue weighted by Gasteiger charge is -2.21. The minimum absolute atomic E-state index is 0.0281. The van der Waals surface area contributed by atoms with E-state index in [9.17, 15) is 43.2 Å². The number of esters is 4. The fourth-order valence-electron chi connectivity index (χ4n) is 10.1. The first kappa shape index (κ1) is 102. The Bertz CT molecular complexity index is 2760. The molecular formula is C89H144O17P2. The molecule has 5 atom stereocenters. The van der Waals surface area contributed by atoms with Gasteiger partial charge in [0, 0.05) is 25.7 Å². The van der Waals surface area contributed by atoms with Gasteiger partial charge in [0.05, 0.1) is 26.4 Å². The van der Waals surface area contributed by atoms with Gasteiger partial charge in [0.25, 0.3) is 0 Å². The van der Waals surface area contributed by atoms with Gasteiger partial charge >= 0.3 is 39.5 Å². The number of aliphatic hydroxyl groups excluding tert-OH is 1. The van der Waals surface area contributed by atoms with Crippen molar-refractivity contribution in [2.24, 2.45) is 0 Å². The molecule has 0 aromatic carbocycles. The van der Waals surface area contributed by atoms with Crippen molar-refractivity contribution in [1.29, 1.82) is 0 Å². The second-order valence-corrected chi connectivity index (χ2v) is 29.5. The van der Waals surface area contributed by atoms with Gasteiger partial charge in [-0.1, -0.05) is 287 Å². The van der Waals surface area contributed by atoms with Crippen LogP contribution in [-0.2, 0) is 65.4 Å². The Morgan fingerprint density at radius 1 is 0.269 bits per heavy atom. The molecule has 612 valence electrons. The fourth-order valence-corrected chi connectivity index (χ4v) is 11.7. The average molecular weight is 1550 g/mol. The monoisotopic (exact) mass is 1550 g/mol. The molecule has 0 bridgehead atoms. The lowest BCUT2D eigenvalue weighted by molar-refractivity contribution is -0.161. The maximum Gasteiger partial charge on any atom is 0.472 e. The first-order valence-corrected chi connectivity index (χ1v) is 44.0. The van der Waals surface area contributed by atoms with Crippen LogP contribution in [0.3, 0.4) is 0 Å². The summed E-state index contributed by atoms with van der Waals surface area (Å²) in [6.07, 6.45) is 96.0. The summed E-state index contributed by atoms with van der Waals surface area (Å²) in [6, 6.07) is 0. The summed E-state index contributed by atoms with van der Waals surface area (Å²) in [5.41, 5.74) is 0. The second kappa shape index (κ2) is 79.3. The summed E-state index contributed by atoms with van der Waals surface area (Å²) in [6.45, 7) is 4.42. The van der Waals surface area contributed by atoms with Crippen LogP contribution in [0.2, 0.25) is 0 Å². The molecule has 17 nitrogen and oxygen atoms in total. The third-order valence-corrected chi connectivity index (χ3v) is 18.2. The number of aliphatic hydroxyl groups is 1. The summed E-state index contributed by atoms with van der Waals surface area (Å²) in [5, 5.41) is 10.6. The van der Waals surface area contributed by atoms with Crippen molar-refractivity contribution in [2.75, 3.05) is 39.6 Å². The van der Waals surface area contributed by atoms with Crippen molar-refractivity contribution in [2.45, 2.75) is 316 Å². The smallest absolute Gasteiger partial charge is 0.462 e. The zero-order valence-electron chi connectivity index (χ0n) is 66.9. The van der Waals surface area contributed by atoms with E-state index in [1.54, 1.807) is 0 Å². The van der Waals surface area contributed by atoms with E-state index in [-0.39, 0.29) is 25.7 Å². The van der Waals surface area contributed by atoms with E-state index in [0.29, 0.717) is 32.1 Å². The van der Waals surface area contributed by atoms with Crippen LogP contribution in [0.15, 0.2) is 182 Å². The van der Waals surface area contributed by atoms with Crippen LogP contribution < -0.4 is 0 Å². The van der Waals surface area contributed by atoms with E-state index in [1.807, 2.05) is 18.2 Å². The number of phosphoric acid groups is 2. The van der Waals surface area contributed by atoms with Gasteiger partial charge in [-0.25, -0.2) is 9.13 Å². The molecule has 0 aliphatic heterocycles. The van der Waals surface area contributed by atoms with Crippen molar-refractivity contribution in [3.8, 4) is 0 Å². The van der Waals surface area contributed by atoms with Gasteiger partial charge in [-0.2, -0.15) is 0 Å². The number of phosphoric ester groups is 2. The number of allylic oxidation sites excluding steroid dienone is 30. The Hall–Kier alpha value is -5.84. The summed E-state index contributed by atoms with van der Waals surface area (Å²) >= 11 is 0. The number of unbranched alkanes of at least 4 members (excludes halogenated alkanes) is 19. The van der Waals surface area contributed by atoms with E-state index in [2.05, 4.69) is 192 Å². The van der Waals surface area contributed by atoms with Gasteiger partial charge in [-0.15, -0.1) is 0 Å². The number of hydrogen-bond donors (Lipinski definition) is 3. The van der Waals surface area contributed by atoms with E-state index in [4.69, 9.17) is 37.0 Å². The molecule has 0 amide bonds. The predicted molar refractivity (Wildman–Crippen MR) is 445 cm³/mol. The van der Waals surface area contributed by atoms with E-state index in [0.717, 1.165) is 186 Å². The zero-order valence-corrected chi connectivity index (χ0v) is 68.7. The highest BCUT2D eigenvalue weighted by atomic mass is 31.2. The highest BCUT2D eigenvalue weighted by molar-refractivity contribution is 7.47. The van der Waals surface area contributed by atoms with Gasteiger partial charge in [-0.05, 0) is 167 Å². The molecule has 0 fully saturated rings. The molecule has 0 aromatic rings. The van der Waals surface area contributed by atoms with Crippen LogP contribution in [0, 0.1) is 0 Å². The van der Waals surface area contributed by atoms with Crippen LogP contribution in [0.4, 0.5) is 0 Å². The van der Waals surface area contributed by atoms with E-state index >= 15 is 0 Å². The minimum atomic E-state index is -5.01. The number of ether oxygens (including phenoxy) is 4. The van der Waals surface area contributed by atoms with Gasteiger partial charge in [0.15, 0.2) is 12.2 Å². The number of rotatable bonds is 75.